The monoisotopic (exact) mass is 291 g/mol. The molecule has 1 atom stereocenters. The average Bonchev–Trinajstić information content (AvgIpc) is 2.30. The van der Waals surface area contributed by atoms with Gasteiger partial charge < -0.3 is 15.2 Å². The lowest BCUT2D eigenvalue weighted by Crippen LogP contribution is -2.42. The van der Waals surface area contributed by atoms with E-state index in [9.17, 15) is 14.4 Å². The number of hydrogen-bond acceptors (Lipinski definition) is 5. The summed E-state index contributed by atoms with van der Waals surface area (Å²) in [4.78, 5) is 33.5. The molecule has 0 rings (SSSR count). The lowest BCUT2D eigenvalue weighted by atomic mass is 10.1. The van der Waals surface area contributed by atoms with Crippen molar-refractivity contribution in [2.45, 2.75) is 44.4 Å². The largest absolute Gasteiger partial charge is 0.480 e. The van der Waals surface area contributed by atoms with Crippen molar-refractivity contribution in [1.82, 2.24) is 5.32 Å². The highest BCUT2D eigenvalue weighted by Crippen LogP contribution is 2.22. The minimum absolute atomic E-state index is 0.0218. The van der Waals surface area contributed by atoms with Gasteiger partial charge in [0.25, 0.3) is 0 Å². The fourth-order valence-corrected chi connectivity index (χ4v) is 1.79. The van der Waals surface area contributed by atoms with Gasteiger partial charge >= 0.3 is 11.9 Å². The van der Waals surface area contributed by atoms with Crippen molar-refractivity contribution in [3.8, 4) is 0 Å². The van der Waals surface area contributed by atoms with Gasteiger partial charge in [0.05, 0.1) is 12.9 Å². The molecule has 0 saturated heterocycles. The van der Waals surface area contributed by atoms with Crippen LogP contribution in [0.25, 0.3) is 0 Å². The van der Waals surface area contributed by atoms with Crippen LogP contribution in [-0.4, -0.2) is 46.6 Å². The van der Waals surface area contributed by atoms with E-state index in [1.807, 2.05) is 20.8 Å². The zero-order valence-corrected chi connectivity index (χ0v) is 12.5. The van der Waals surface area contributed by atoms with Crippen molar-refractivity contribution < 1.29 is 24.2 Å². The zero-order valence-electron chi connectivity index (χ0n) is 11.7. The summed E-state index contributed by atoms with van der Waals surface area (Å²) in [5.74, 6) is -1.81. The van der Waals surface area contributed by atoms with Crippen molar-refractivity contribution in [3.05, 3.63) is 0 Å². The van der Waals surface area contributed by atoms with Crippen molar-refractivity contribution in [2.24, 2.45) is 0 Å². The molecule has 7 heteroatoms. The molecule has 0 aromatic carbocycles. The Bertz CT molecular complexity index is 338. The van der Waals surface area contributed by atoms with Gasteiger partial charge in [-0.25, -0.2) is 4.79 Å². The maximum Gasteiger partial charge on any atom is 0.326 e. The number of ether oxygens (including phenoxy) is 1. The molecule has 0 unspecified atom stereocenters. The number of esters is 1. The minimum atomic E-state index is -1.15. The summed E-state index contributed by atoms with van der Waals surface area (Å²) in [7, 11) is 1.23. The third kappa shape index (κ3) is 9.35. The van der Waals surface area contributed by atoms with Crippen LogP contribution in [0.5, 0.6) is 0 Å². The number of carboxylic acids is 1. The van der Waals surface area contributed by atoms with Crippen LogP contribution in [0.15, 0.2) is 0 Å². The van der Waals surface area contributed by atoms with Crippen molar-refractivity contribution >= 4 is 29.6 Å². The number of rotatable bonds is 7. The first-order valence-electron chi connectivity index (χ1n) is 5.88. The van der Waals surface area contributed by atoms with Gasteiger partial charge in [0.15, 0.2) is 0 Å². The zero-order chi connectivity index (χ0) is 15.1. The molecule has 0 saturated carbocycles. The normalized spacial score (nSPS) is 12.6. The van der Waals surface area contributed by atoms with Crippen LogP contribution in [0.1, 0.15) is 33.6 Å². The van der Waals surface area contributed by atoms with E-state index in [1.54, 1.807) is 0 Å². The lowest BCUT2D eigenvalue weighted by molar-refractivity contribution is -0.143. The molecule has 0 spiro atoms. The molecule has 110 valence electrons. The molecule has 2 N–H and O–H groups in total. The number of methoxy groups -OCH3 is 1. The molecule has 0 heterocycles. The number of thioether (sulfide) groups is 1. The van der Waals surface area contributed by atoms with Gasteiger partial charge in [-0.1, -0.05) is 20.8 Å². The molecule has 6 nitrogen and oxygen atoms in total. The molecule has 0 radical (unpaired) electrons. The Labute approximate surface area is 117 Å². The summed E-state index contributed by atoms with van der Waals surface area (Å²) in [5, 5.41) is 11.4. The minimum Gasteiger partial charge on any atom is -0.480 e. The first-order chi connectivity index (χ1) is 8.65. The number of hydrogen-bond donors (Lipinski definition) is 2. The summed E-state index contributed by atoms with van der Waals surface area (Å²) in [6, 6.07) is -1.06. The first kappa shape index (κ1) is 17.8. The SMILES string of the molecule is COC(=O)CC[C@H](NC(=O)CSC(C)(C)C)C(=O)O. The molecule has 19 heavy (non-hydrogen) atoms. The highest BCUT2D eigenvalue weighted by molar-refractivity contribution is 8.01. The van der Waals surface area contributed by atoms with Crippen LogP contribution in [0.3, 0.4) is 0 Å². The molecule has 0 fully saturated rings. The van der Waals surface area contributed by atoms with Crippen molar-refractivity contribution in [2.75, 3.05) is 12.9 Å². The Balaban J connectivity index is 4.23. The van der Waals surface area contributed by atoms with Crippen molar-refractivity contribution in [3.63, 3.8) is 0 Å². The highest BCUT2D eigenvalue weighted by atomic mass is 32.2. The summed E-state index contributed by atoms with van der Waals surface area (Å²) in [6.07, 6.45) is -0.0198. The summed E-state index contributed by atoms with van der Waals surface area (Å²) < 4.78 is 4.36. The Hall–Kier alpha value is -1.24. The van der Waals surface area contributed by atoms with Crippen molar-refractivity contribution in [1.29, 1.82) is 0 Å². The van der Waals surface area contributed by atoms with Crippen LogP contribution in [-0.2, 0) is 19.1 Å². The van der Waals surface area contributed by atoms with Gasteiger partial charge in [-0.15, -0.1) is 11.8 Å². The summed E-state index contributed by atoms with van der Waals surface area (Å²) in [5.41, 5.74) is 0. The topological polar surface area (TPSA) is 92.7 Å². The van der Waals surface area contributed by atoms with E-state index < -0.39 is 18.0 Å². The van der Waals surface area contributed by atoms with E-state index in [-0.39, 0.29) is 29.2 Å². The second-order valence-electron chi connectivity index (χ2n) is 4.97. The number of amides is 1. The second-order valence-corrected chi connectivity index (χ2v) is 6.78. The number of carbonyl (C=O) groups excluding carboxylic acids is 2. The van der Waals surface area contributed by atoms with Crippen LogP contribution in [0, 0.1) is 0 Å². The highest BCUT2D eigenvalue weighted by Gasteiger charge is 2.22. The molecule has 0 aromatic heterocycles. The van der Waals surface area contributed by atoms with E-state index in [0.717, 1.165) is 0 Å². The van der Waals surface area contributed by atoms with Crippen LogP contribution >= 0.6 is 11.8 Å². The van der Waals surface area contributed by atoms with Gasteiger partial charge in [-0.2, -0.15) is 0 Å². The van der Waals surface area contributed by atoms with Gasteiger partial charge in [0.1, 0.15) is 6.04 Å². The molecule has 0 aromatic rings. The number of carboxylic acid groups (broad SMARTS) is 1. The average molecular weight is 291 g/mol. The van der Waals surface area contributed by atoms with E-state index in [0.29, 0.717) is 0 Å². The van der Waals surface area contributed by atoms with Gasteiger partial charge in [0.2, 0.25) is 5.91 Å². The quantitative estimate of drug-likeness (QED) is 0.681. The number of aliphatic carboxylic acids is 1. The van der Waals surface area contributed by atoms with E-state index in [4.69, 9.17) is 5.11 Å². The fraction of sp³-hybridized carbons (Fsp3) is 0.750. The lowest BCUT2D eigenvalue weighted by Gasteiger charge is -2.18. The van der Waals surface area contributed by atoms with E-state index in [2.05, 4.69) is 10.1 Å². The van der Waals surface area contributed by atoms with Gasteiger partial charge in [-0.05, 0) is 6.42 Å². The molecular formula is C12H21NO5S. The second kappa shape index (κ2) is 8.04. The summed E-state index contributed by atoms with van der Waals surface area (Å²) in [6.45, 7) is 5.91. The smallest absolute Gasteiger partial charge is 0.326 e. The maximum atomic E-state index is 11.6. The van der Waals surface area contributed by atoms with E-state index >= 15 is 0 Å². The first-order valence-corrected chi connectivity index (χ1v) is 6.87. The molecule has 0 aliphatic rings. The fourth-order valence-electron chi connectivity index (χ4n) is 1.14. The molecule has 0 aliphatic heterocycles. The Morgan fingerprint density at radius 2 is 1.89 bits per heavy atom. The van der Waals surface area contributed by atoms with Gasteiger partial charge in [-0.3, -0.25) is 9.59 Å². The van der Waals surface area contributed by atoms with E-state index in [1.165, 1.54) is 18.9 Å². The van der Waals surface area contributed by atoms with Crippen LogP contribution in [0.4, 0.5) is 0 Å². The Morgan fingerprint density at radius 3 is 2.32 bits per heavy atom. The predicted octanol–water partition coefficient (Wildman–Crippen LogP) is 1.04. The number of nitrogens with one attached hydrogen (secondary N) is 1. The molecular weight excluding hydrogens is 270 g/mol. The Kier molecular flexibility index (Phi) is 7.51. The van der Waals surface area contributed by atoms with Gasteiger partial charge in [0, 0.05) is 11.2 Å². The third-order valence-corrected chi connectivity index (χ3v) is 3.41. The molecule has 0 bridgehead atoms. The molecule has 1 amide bonds. The van der Waals surface area contributed by atoms with Crippen LogP contribution in [0.2, 0.25) is 0 Å². The summed E-state index contributed by atoms with van der Waals surface area (Å²) >= 11 is 1.43. The maximum absolute atomic E-state index is 11.6. The number of carbonyl (C=O) groups is 3. The predicted molar refractivity (Wildman–Crippen MR) is 73.0 cm³/mol. The molecule has 0 aliphatic carbocycles. The standard InChI is InChI=1S/C12H21NO5S/c1-12(2,3)19-7-9(14)13-8(11(16)17)5-6-10(15)18-4/h8H,5-7H2,1-4H3,(H,13,14)(H,16,17)/t8-/m0/s1. The Morgan fingerprint density at radius 1 is 1.32 bits per heavy atom. The van der Waals surface area contributed by atoms with Crippen LogP contribution < -0.4 is 5.32 Å². The third-order valence-electron chi connectivity index (χ3n) is 2.13.